The van der Waals surface area contributed by atoms with Crippen LogP contribution in [0, 0.1) is 5.41 Å². The minimum Gasteiger partial charge on any atom is -0.386 e. The van der Waals surface area contributed by atoms with Crippen LogP contribution in [-0.2, 0) is 11.3 Å². The number of aliphatic hydroxyl groups excluding tert-OH is 1. The van der Waals surface area contributed by atoms with Crippen molar-refractivity contribution in [3.8, 4) is 0 Å². The molecule has 1 aliphatic carbocycles. The second-order valence-corrected chi connectivity index (χ2v) is 6.21. The highest BCUT2D eigenvalue weighted by atomic mass is 79.9. The highest BCUT2D eigenvalue weighted by Gasteiger charge is 2.39. The van der Waals surface area contributed by atoms with Crippen molar-refractivity contribution in [2.75, 3.05) is 13.7 Å². The maximum atomic E-state index is 10.7. The fraction of sp³-hybridized carbons (Fsp3) is 0.769. The fourth-order valence-electron chi connectivity index (χ4n) is 2.79. The third-order valence-corrected chi connectivity index (χ3v) is 4.62. The topological polar surface area (TPSA) is 47.3 Å². The van der Waals surface area contributed by atoms with Crippen molar-refractivity contribution in [2.45, 2.75) is 45.3 Å². The third kappa shape index (κ3) is 2.63. The molecule has 1 heterocycles. The molecule has 0 amide bonds. The van der Waals surface area contributed by atoms with Gasteiger partial charge in [-0.1, -0.05) is 19.8 Å². The lowest BCUT2D eigenvalue weighted by Gasteiger charge is -2.30. The molecule has 0 saturated heterocycles. The Labute approximate surface area is 116 Å². The van der Waals surface area contributed by atoms with E-state index >= 15 is 0 Å². The molecule has 1 saturated carbocycles. The number of hydrogen-bond acceptors (Lipinski definition) is 3. The Morgan fingerprint density at radius 2 is 2.22 bits per heavy atom. The first kappa shape index (κ1) is 14.0. The van der Waals surface area contributed by atoms with Gasteiger partial charge in [0.2, 0.25) is 0 Å². The molecule has 18 heavy (non-hydrogen) atoms. The van der Waals surface area contributed by atoms with E-state index in [0.717, 1.165) is 23.0 Å². The molecule has 1 fully saturated rings. The molecule has 4 nitrogen and oxygen atoms in total. The van der Waals surface area contributed by atoms with E-state index in [1.807, 2.05) is 4.68 Å². The standard InChI is InChI=1S/C13H21BrN2O2/c1-13(5-3-4-6-13)12(17)11-10(14)9-15-16(11)7-8-18-2/h9,12,17H,3-8H2,1-2H3. The molecule has 5 heteroatoms. The first-order valence-electron chi connectivity index (χ1n) is 6.47. The largest absolute Gasteiger partial charge is 0.386 e. The van der Waals surface area contributed by atoms with Crippen molar-refractivity contribution in [1.82, 2.24) is 9.78 Å². The Kier molecular flexibility index (Phi) is 4.45. The van der Waals surface area contributed by atoms with E-state index in [-0.39, 0.29) is 5.41 Å². The van der Waals surface area contributed by atoms with Gasteiger partial charge in [0.1, 0.15) is 6.10 Å². The molecule has 102 valence electrons. The lowest BCUT2D eigenvalue weighted by Crippen LogP contribution is -2.25. The molecule has 2 rings (SSSR count). The average molecular weight is 317 g/mol. The maximum Gasteiger partial charge on any atom is 0.102 e. The summed E-state index contributed by atoms with van der Waals surface area (Å²) in [5.41, 5.74) is 0.865. The van der Waals surface area contributed by atoms with Crippen LogP contribution in [0.4, 0.5) is 0 Å². The van der Waals surface area contributed by atoms with Crippen molar-refractivity contribution in [2.24, 2.45) is 5.41 Å². The van der Waals surface area contributed by atoms with Gasteiger partial charge >= 0.3 is 0 Å². The molecular formula is C13H21BrN2O2. The molecule has 1 aromatic heterocycles. The zero-order chi connectivity index (χ0) is 13.2. The van der Waals surface area contributed by atoms with Gasteiger partial charge in [0.15, 0.2) is 0 Å². The molecular weight excluding hydrogens is 296 g/mol. The van der Waals surface area contributed by atoms with Crippen LogP contribution in [0.2, 0.25) is 0 Å². The molecule has 0 radical (unpaired) electrons. The number of hydrogen-bond donors (Lipinski definition) is 1. The number of rotatable bonds is 5. The molecule has 0 aliphatic heterocycles. The average Bonchev–Trinajstić information content (AvgIpc) is 2.93. The zero-order valence-electron chi connectivity index (χ0n) is 11.0. The van der Waals surface area contributed by atoms with Crippen molar-refractivity contribution in [3.63, 3.8) is 0 Å². The third-order valence-electron chi connectivity index (χ3n) is 4.01. The van der Waals surface area contributed by atoms with Crippen LogP contribution in [-0.4, -0.2) is 28.6 Å². The van der Waals surface area contributed by atoms with Gasteiger partial charge in [-0.05, 0) is 34.2 Å². The number of halogens is 1. The van der Waals surface area contributed by atoms with E-state index in [1.165, 1.54) is 12.8 Å². The summed E-state index contributed by atoms with van der Waals surface area (Å²) in [7, 11) is 1.67. The number of aromatic nitrogens is 2. The Morgan fingerprint density at radius 3 is 2.83 bits per heavy atom. The van der Waals surface area contributed by atoms with Gasteiger partial charge in [-0.3, -0.25) is 4.68 Å². The van der Waals surface area contributed by atoms with Crippen LogP contribution >= 0.6 is 15.9 Å². The Morgan fingerprint density at radius 1 is 1.56 bits per heavy atom. The smallest absolute Gasteiger partial charge is 0.102 e. The first-order chi connectivity index (χ1) is 8.58. The van der Waals surface area contributed by atoms with Crippen molar-refractivity contribution in [1.29, 1.82) is 0 Å². The van der Waals surface area contributed by atoms with Crippen molar-refractivity contribution >= 4 is 15.9 Å². The van der Waals surface area contributed by atoms with Gasteiger partial charge in [0.25, 0.3) is 0 Å². The number of aliphatic hydroxyl groups is 1. The number of methoxy groups -OCH3 is 1. The van der Waals surface area contributed by atoms with Gasteiger partial charge in [-0.15, -0.1) is 0 Å². The second kappa shape index (κ2) is 5.72. The lowest BCUT2D eigenvalue weighted by atomic mass is 9.81. The summed E-state index contributed by atoms with van der Waals surface area (Å²) in [5.74, 6) is 0. The van der Waals surface area contributed by atoms with E-state index < -0.39 is 6.10 Å². The summed E-state index contributed by atoms with van der Waals surface area (Å²) >= 11 is 3.50. The fourth-order valence-corrected chi connectivity index (χ4v) is 3.30. The van der Waals surface area contributed by atoms with Gasteiger partial charge in [0.05, 0.1) is 29.5 Å². The normalized spacial score (nSPS) is 20.2. The van der Waals surface area contributed by atoms with Crippen LogP contribution in [0.25, 0.3) is 0 Å². The number of nitrogens with zero attached hydrogens (tertiary/aromatic N) is 2. The van der Waals surface area contributed by atoms with Crippen LogP contribution in [0.5, 0.6) is 0 Å². The van der Waals surface area contributed by atoms with Crippen molar-refractivity contribution in [3.05, 3.63) is 16.4 Å². The molecule has 1 aromatic rings. The van der Waals surface area contributed by atoms with E-state index in [9.17, 15) is 5.11 Å². The van der Waals surface area contributed by atoms with Gasteiger partial charge in [-0.2, -0.15) is 5.10 Å². The minimum absolute atomic E-state index is 0.0205. The summed E-state index contributed by atoms with van der Waals surface area (Å²) in [4.78, 5) is 0. The minimum atomic E-state index is -0.464. The zero-order valence-corrected chi connectivity index (χ0v) is 12.6. The molecule has 1 atom stereocenters. The predicted molar refractivity (Wildman–Crippen MR) is 73.3 cm³/mol. The molecule has 0 spiro atoms. The lowest BCUT2D eigenvalue weighted by molar-refractivity contribution is 0.0317. The van der Waals surface area contributed by atoms with E-state index in [4.69, 9.17) is 4.74 Å². The van der Waals surface area contributed by atoms with Gasteiger partial charge in [0, 0.05) is 7.11 Å². The first-order valence-corrected chi connectivity index (χ1v) is 7.26. The Balaban J connectivity index is 2.23. The van der Waals surface area contributed by atoms with Gasteiger partial charge in [-0.25, -0.2) is 0 Å². The van der Waals surface area contributed by atoms with E-state index in [1.54, 1.807) is 13.3 Å². The monoisotopic (exact) mass is 316 g/mol. The SMILES string of the molecule is COCCn1ncc(Br)c1C(O)C1(C)CCCC1. The molecule has 1 unspecified atom stereocenters. The van der Waals surface area contributed by atoms with Crippen LogP contribution < -0.4 is 0 Å². The summed E-state index contributed by atoms with van der Waals surface area (Å²) in [6.07, 6.45) is 5.86. The maximum absolute atomic E-state index is 10.7. The number of ether oxygens (including phenoxy) is 1. The van der Waals surface area contributed by atoms with Crippen LogP contribution in [0.15, 0.2) is 10.7 Å². The van der Waals surface area contributed by atoms with Crippen molar-refractivity contribution < 1.29 is 9.84 Å². The van der Waals surface area contributed by atoms with Crippen LogP contribution in [0.3, 0.4) is 0 Å². The molecule has 1 N–H and O–H groups in total. The molecule has 1 aliphatic rings. The highest BCUT2D eigenvalue weighted by Crippen LogP contribution is 2.48. The van der Waals surface area contributed by atoms with E-state index in [2.05, 4.69) is 28.0 Å². The summed E-state index contributed by atoms with van der Waals surface area (Å²) in [6.45, 7) is 3.44. The quantitative estimate of drug-likeness (QED) is 0.908. The summed E-state index contributed by atoms with van der Waals surface area (Å²) < 4.78 is 7.82. The van der Waals surface area contributed by atoms with Gasteiger partial charge < -0.3 is 9.84 Å². The predicted octanol–water partition coefficient (Wildman–Crippen LogP) is 2.91. The molecule has 0 aromatic carbocycles. The Hall–Kier alpha value is -0.390. The molecule has 0 bridgehead atoms. The summed E-state index contributed by atoms with van der Waals surface area (Å²) in [6, 6.07) is 0. The highest BCUT2D eigenvalue weighted by molar-refractivity contribution is 9.10. The second-order valence-electron chi connectivity index (χ2n) is 5.36. The Bertz CT molecular complexity index is 400. The van der Waals surface area contributed by atoms with Crippen LogP contribution in [0.1, 0.15) is 44.4 Å². The summed E-state index contributed by atoms with van der Waals surface area (Å²) in [5, 5.41) is 15.0. The van der Waals surface area contributed by atoms with E-state index in [0.29, 0.717) is 13.2 Å².